The molecule has 2 rings (SSSR count). The van der Waals surface area contributed by atoms with Crippen molar-refractivity contribution in [2.24, 2.45) is 0 Å². The van der Waals surface area contributed by atoms with E-state index in [4.69, 9.17) is 10.5 Å². The molecule has 0 amide bonds. The van der Waals surface area contributed by atoms with Crippen LogP contribution in [-0.4, -0.2) is 12.1 Å². The molecule has 1 aromatic carbocycles. The molecule has 3 nitrogen and oxygen atoms in total. The smallest absolute Gasteiger partial charge is 0.167 e. The third-order valence-corrected chi connectivity index (χ3v) is 3.11. The minimum Gasteiger partial charge on any atom is -0.494 e. The van der Waals surface area contributed by atoms with Crippen molar-refractivity contribution in [2.45, 2.75) is 26.7 Å². The zero-order valence-electron chi connectivity index (χ0n) is 11.0. The maximum Gasteiger partial charge on any atom is 0.167 e. The lowest BCUT2D eigenvalue weighted by Crippen LogP contribution is -2.04. The van der Waals surface area contributed by atoms with Crippen molar-refractivity contribution >= 4 is 16.6 Å². The minimum absolute atomic E-state index is 0.189. The average molecular weight is 248 g/mol. The average Bonchev–Trinajstić information content (AvgIpc) is 2.27. The van der Waals surface area contributed by atoms with Crippen molar-refractivity contribution in [2.75, 3.05) is 12.8 Å². The number of nitrogens with zero attached hydrogens (tertiary/aromatic N) is 1. The van der Waals surface area contributed by atoms with Gasteiger partial charge in [0.15, 0.2) is 11.6 Å². The Bertz CT molecular complexity index is 609. The quantitative estimate of drug-likeness (QED) is 0.886. The zero-order valence-corrected chi connectivity index (χ0v) is 11.0. The van der Waals surface area contributed by atoms with Gasteiger partial charge in [-0.05, 0) is 24.5 Å². The second-order valence-electron chi connectivity index (χ2n) is 4.68. The maximum atomic E-state index is 13.6. The van der Waals surface area contributed by atoms with E-state index in [1.165, 1.54) is 13.2 Å². The molecule has 0 fully saturated rings. The fraction of sp³-hybridized carbons (Fsp3) is 0.357. The zero-order chi connectivity index (χ0) is 13.4. The summed E-state index contributed by atoms with van der Waals surface area (Å²) in [5, 5.41) is 0.738. The fourth-order valence-electron chi connectivity index (χ4n) is 2.32. The van der Waals surface area contributed by atoms with Crippen LogP contribution in [0.25, 0.3) is 10.9 Å². The molecule has 0 saturated heterocycles. The van der Waals surface area contributed by atoms with Gasteiger partial charge in [0.25, 0.3) is 0 Å². The summed E-state index contributed by atoms with van der Waals surface area (Å²) in [5.41, 5.74) is 9.25. The molecule has 18 heavy (non-hydrogen) atoms. The maximum absolute atomic E-state index is 13.6. The van der Waals surface area contributed by atoms with Gasteiger partial charge in [0.05, 0.1) is 12.6 Å². The van der Waals surface area contributed by atoms with Gasteiger partial charge in [0, 0.05) is 22.8 Å². The molecule has 96 valence electrons. The van der Waals surface area contributed by atoms with Crippen LogP contribution in [0, 0.1) is 12.7 Å². The molecule has 1 heterocycles. The van der Waals surface area contributed by atoms with Crippen LogP contribution in [0.15, 0.2) is 12.1 Å². The third-order valence-electron chi connectivity index (χ3n) is 3.11. The fourth-order valence-corrected chi connectivity index (χ4v) is 2.32. The number of aryl methyl sites for hydroxylation is 1. The van der Waals surface area contributed by atoms with E-state index < -0.39 is 5.82 Å². The number of aromatic nitrogens is 1. The molecule has 4 heteroatoms. The summed E-state index contributed by atoms with van der Waals surface area (Å²) in [6, 6.07) is 2.97. The van der Waals surface area contributed by atoms with E-state index in [1.54, 1.807) is 6.07 Å². The van der Waals surface area contributed by atoms with Crippen LogP contribution in [0.2, 0.25) is 0 Å². The Morgan fingerprint density at radius 3 is 2.56 bits per heavy atom. The summed E-state index contributed by atoms with van der Waals surface area (Å²) in [4.78, 5) is 4.42. The number of hydrogen-bond acceptors (Lipinski definition) is 3. The molecule has 0 atom stereocenters. The minimum atomic E-state index is -0.423. The van der Waals surface area contributed by atoms with Gasteiger partial charge in [0.2, 0.25) is 0 Å². The molecule has 0 aliphatic carbocycles. The Balaban J connectivity index is 2.84. The Hall–Kier alpha value is -1.84. The van der Waals surface area contributed by atoms with Gasteiger partial charge in [0.1, 0.15) is 0 Å². The molecule has 0 radical (unpaired) electrons. The Morgan fingerprint density at radius 1 is 1.33 bits per heavy atom. The molecule has 0 unspecified atom stereocenters. The molecule has 0 aliphatic rings. The lowest BCUT2D eigenvalue weighted by molar-refractivity contribution is 0.387. The number of nitrogens with two attached hydrogens (primary N) is 1. The number of pyridine rings is 1. The van der Waals surface area contributed by atoms with Crippen molar-refractivity contribution in [3.05, 3.63) is 29.2 Å². The molecule has 0 saturated carbocycles. The van der Waals surface area contributed by atoms with Gasteiger partial charge in [-0.15, -0.1) is 0 Å². The van der Waals surface area contributed by atoms with Crippen molar-refractivity contribution in [1.29, 1.82) is 0 Å². The Morgan fingerprint density at radius 2 is 2.00 bits per heavy atom. The molecule has 0 aliphatic heterocycles. The van der Waals surface area contributed by atoms with Gasteiger partial charge in [-0.3, -0.25) is 4.98 Å². The van der Waals surface area contributed by atoms with Crippen LogP contribution in [0.1, 0.15) is 31.0 Å². The number of benzene rings is 1. The number of ether oxygens (including phenoxy) is 1. The lowest BCUT2D eigenvalue weighted by atomic mass is 9.97. The summed E-state index contributed by atoms with van der Waals surface area (Å²) < 4.78 is 18.6. The summed E-state index contributed by atoms with van der Waals surface area (Å²) in [6.45, 7) is 6.02. The Labute approximate surface area is 106 Å². The number of hydrogen-bond donors (Lipinski definition) is 1. The lowest BCUT2D eigenvalue weighted by Gasteiger charge is -2.15. The predicted molar refractivity (Wildman–Crippen MR) is 71.5 cm³/mol. The highest BCUT2D eigenvalue weighted by molar-refractivity contribution is 5.93. The topological polar surface area (TPSA) is 48.1 Å². The van der Waals surface area contributed by atoms with Gasteiger partial charge < -0.3 is 10.5 Å². The molecule has 0 spiro atoms. The van der Waals surface area contributed by atoms with Crippen LogP contribution in [0.3, 0.4) is 0 Å². The molecule has 1 aromatic heterocycles. The largest absolute Gasteiger partial charge is 0.494 e. The number of fused-ring (bicyclic) bond motifs is 1. The predicted octanol–water partition coefficient (Wildman–Crippen LogP) is 3.40. The molecule has 0 bridgehead atoms. The first kappa shape index (κ1) is 12.6. The van der Waals surface area contributed by atoms with E-state index in [1.807, 2.05) is 6.92 Å². The van der Waals surface area contributed by atoms with Crippen molar-refractivity contribution in [1.82, 2.24) is 4.98 Å². The summed E-state index contributed by atoms with van der Waals surface area (Å²) >= 11 is 0. The third kappa shape index (κ3) is 1.88. The van der Waals surface area contributed by atoms with Crippen LogP contribution in [0.4, 0.5) is 10.1 Å². The number of methoxy groups -OCH3 is 1. The normalized spacial score (nSPS) is 11.2. The molecular weight excluding hydrogens is 231 g/mol. The summed E-state index contributed by atoms with van der Waals surface area (Å²) in [7, 11) is 1.44. The van der Waals surface area contributed by atoms with E-state index in [2.05, 4.69) is 18.8 Å². The first-order valence-corrected chi connectivity index (χ1v) is 5.89. The van der Waals surface area contributed by atoms with Gasteiger partial charge in [-0.2, -0.15) is 0 Å². The van der Waals surface area contributed by atoms with E-state index in [0.29, 0.717) is 11.2 Å². The first-order chi connectivity index (χ1) is 8.45. The number of rotatable bonds is 2. The van der Waals surface area contributed by atoms with Crippen LogP contribution in [0.5, 0.6) is 5.75 Å². The summed E-state index contributed by atoms with van der Waals surface area (Å²) in [5.74, 6) is 0.0427. The molecular formula is C14H17FN2O. The van der Waals surface area contributed by atoms with Crippen LogP contribution < -0.4 is 10.5 Å². The van der Waals surface area contributed by atoms with Crippen molar-refractivity contribution in [3.8, 4) is 5.75 Å². The van der Waals surface area contributed by atoms with Crippen molar-refractivity contribution < 1.29 is 9.13 Å². The standard InChI is InChI=1S/C14H17FN2O/c1-7(2)13-8(3)17-11-6-10(15)12(18-4)5-9(11)14(13)16/h5-7H,1-4H3,(H2,16,17). The summed E-state index contributed by atoms with van der Waals surface area (Å²) in [6.07, 6.45) is 0. The highest BCUT2D eigenvalue weighted by Gasteiger charge is 2.15. The second kappa shape index (κ2) is 4.44. The van der Waals surface area contributed by atoms with Gasteiger partial charge in [-0.1, -0.05) is 13.8 Å². The van der Waals surface area contributed by atoms with Crippen molar-refractivity contribution in [3.63, 3.8) is 0 Å². The van der Waals surface area contributed by atoms with Crippen LogP contribution >= 0.6 is 0 Å². The highest BCUT2D eigenvalue weighted by Crippen LogP contribution is 2.34. The highest BCUT2D eigenvalue weighted by atomic mass is 19.1. The number of halogens is 1. The number of nitrogen functional groups attached to an aromatic ring is 1. The van der Waals surface area contributed by atoms with E-state index in [0.717, 1.165) is 16.6 Å². The SMILES string of the molecule is COc1cc2c(N)c(C(C)C)c(C)nc2cc1F. The first-order valence-electron chi connectivity index (χ1n) is 5.89. The monoisotopic (exact) mass is 248 g/mol. The molecule has 2 N–H and O–H groups in total. The van der Waals surface area contributed by atoms with Crippen LogP contribution in [-0.2, 0) is 0 Å². The van der Waals surface area contributed by atoms with E-state index in [9.17, 15) is 4.39 Å². The number of anilines is 1. The van der Waals surface area contributed by atoms with E-state index in [-0.39, 0.29) is 11.7 Å². The van der Waals surface area contributed by atoms with Gasteiger partial charge >= 0.3 is 0 Å². The Kier molecular flexibility index (Phi) is 3.11. The van der Waals surface area contributed by atoms with Gasteiger partial charge in [-0.25, -0.2) is 4.39 Å². The molecule has 2 aromatic rings. The second-order valence-corrected chi connectivity index (χ2v) is 4.68. The van der Waals surface area contributed by atoms with E-state index >= 15 is 0 Å².